The molecule has 0 bridgehead atoms. The van der Waals surface area contributed by atoms with Crippen LogP contribution in [-0.2, 0) is 16.6 Å². The number of sulfonamides is 1. The lowest BCUT2D eigenvalue weighted by molar-refractivity contribution is 0.102. The molecule has 1 N–H and O–H groups in total. The third-order valence-corrected chi connectivity index (χ3v) is 5.95. The Morgan fingerprint density at radius 1 is 1.03 bits per heavy atom. The first kappa shape index (κ1) is 24.1. The Kier molecular flexibility index (Phi) is 7.55. The minimum absolute atomic E-state index is 0.107. The highest BCUT2D eigenvalue weighted by molar-refractivity contribution is 7.92. The van der Waals surface area contributed by atoms with Crippen molar-refractivity contribution in [1.29, 1.82) is 0 Å². The molecule has 0 saturated carbocycles. The molecule has 0 unspecified atom stereocenters. The van der Waals surface area contributed by atoms with Gasteiger partial charge in [-0.25, -0.2) is 12.8 Å². The first-order chi connectivity index (χ1) is 15.7. The number of hydrogen-bond acceptors (Lipinski definition) is 5. The summed E-state index contributed by atoms with van der Waals surface area (Å²) in [4.78, 5) is 12.9. The molecule has 3 aromatic rings. The molecule has 0 radical (unpaired) electrons. The highest BCUT2D eigenvalue weighted by Gasteiger charge is 2.21. The average molecular weight is 473 g/mol. The summed E-state index contributed by atoms with van der Waals surface area (Å²) in [5.41, 5.74) is 1.59. The van der Waals surface area contributed by atoms with E-state index in [-0.39, 0.29) is 6.54 Å². The molecule has 7 nitrogen and oxygen atoms in total. The van der Waals surface area contributed by atoms with Crippen LogP contribution in [0.1, 0.15) is 22.8 Å². The molecule has 0 aliphatic rings. The molecule has 9 heteroatoms. The van der Waals surface area contributed by atoms with E-state index < -0.39 is 21.7 Å². The van der Waals surface area contributed by atoms with Crippen molar-refractivity contribution >= 4 is 27.3 Å². The highest BCUT2D eigenvalue weighted by atomic mass is 32.2. The quantitative estimate of drug-likeness (QED) is 0.497. The molecule has 0 aliphatic heterocycles. The van der Waals surface area contributed by atoms with Crippen molar-refractivity contribution in [3.8, 4) is 11.5 Å². The van der Waals surface area contributed by atoms with Gasteiger partial charge in [-0.05, 0) is 61.5 Å². The normalized spacial score (nSPS) is 11.0. The summed E-state index contributed by atoms with van der Waals surface area (Å²) in [5, 5.41) is 2.82. The molecule has 3 aromatic carbocycles. The van der Waals surface area contributed by atoms with E-state index in [0.29, 0.717) is 40.6 Å². The number of carbonyl (C=O) groups is 1. The zero-order valence-electron chi connectivity index (χ0n) is 18.5. The number of amides is 1. The molecule has 0 fully saturated rings. The predicted molar refractivity (Wildman–Crippen MR) is 126 cm³/mol. The molecule has 0 atom stereocenters. The number of nitrogens with one attached hydrogen (secondary N) is 1. The Labute approximate surface area is 192 Å². The monoisotopic (exact) mass is 472 g/mol. The number of para-hydroxylation sites is 2. The number of halogens is 1. The number of carbonyl (C=O) groups excluding carboxylic acids is 1. The lowest BCUT2D eigenvalue weighted by Crippen LogP contribution is -2.29. The summed E-state index contributed by atoms with van der Waals surface area (Å²) in [6.07, 6.45) is 1.06. The fraction of sp³-hybridized carbons (Fsp3) is 0.208. The van der Waals surface area contributed by atoms with E-state index in [1.165, 1.54) is 31.4 Å². The van der Waals surface area contributed by atoms with E-state index in [9.17, 15) is 17.6 Å². The van der Waals surface area contributed by atoms with Gasteiger partial charge in [0, 0.05) is 11.1 Å². The van der Waals surface area contributed by atoms with Gasteiger partial charge in [0.15, 0.2) is 0 Å². The van der Waals surface area contributed by atoms with E-state index >= 15 is 0 Å². The van der Waals surface area contributed by atoms with Gasteiger partial charge >= 0.3 is 0 Å². The van der Waals surface area contributed by atoms with Crippen LogP contribution in [0, 0.1) is 5.82 Å². The number of rotatable bonds is 9. The Balaban J connectivity index is 1.93. The van der Waals surface area contributed by atoms with Crippen LogP contribution >= 0.6 is 0 Å². The third kappa shape index (κ3) is 6.01. The summed E-state index contributed by atoms with van der Waals surface area (Å²) in [5.74, 6) is 0.0909. The number of nitrogens with zero attached hydrogens (tertiary/aromatic N) is 1. The Morgan fingerprint density at radius 3 is 2.36 bits per heavy atom. The first-order valence-electron chi connectivity index (χ1n) is 10.2. The van der Waals surface area contributed by atoms with E-state index in [1.807, 2.05) is 6.92 Å². The predicted octanol–water partition coefficient (Wildman–Crippen LogP) is 4.45. The Morgan fingerprint density at radius 2 is 1.73 bits per heavy atom. The fourth-order valence-corrected chi connectivity index (χ4v) is 4.13. The van der Waals surface area contributed by atoms with Gasteiger partial charge in [0.05, 0.1) is 37.9 Å². The number of benzene rings is 3. The van der Waals surface area contributed by atoms with Crippen molar-refractivity contribution in [2.75, 3.05) is 29.6 Å². The van der Waals surface area contributed by atoms with Gasteiger partial charge in [-0.2, -0.15) is 0 Å². The lowest BCUT2D eigenvalue weighted by atomic mass is 10.1. The minimum atomic E-state index is -3.71. The highest BCUT2D eigenvalue weighted by Crippen LogP contribution is 2.28. The van der Waals surface area contributed by atoms with Gasteiger partial charge in [-0.1, -0.05) is 12.1 Å². The first-order valence-corrected chi connectivity index (χ1v) is 12.0. The number of hydrogen-bond donors (Lipinski definition) is 1. The molecule has 1 amide bonds. The zero-order chi connectivity index (χ0) is 24.0. The maximum Gasteiger partial charge on any atom is 0.255 e. The van der Waals surface area contributed by atoms with Crippen molar-refractivity contribution < 1.29 is 27.1 Å². The van der Waals surface area contributed by atoms with Crippen LogP contribution in [0.3, 0.4) is 0 Å². The van der Waals surface area contributed by atoms with E-state index in [0.717, 1.165) is 10.6 Å². The fourth-order valence-electron chi connectivity index (χ4n) is 3.25. The van der Waals surface area contributed by atoms with Gasteiger partial charge in [-0.15, -0.1) is 0 Å². The Bertz CT molecular complexity index is 1230. The van der Waals surface area contributed by atoms with Crippen LogP contribution < -0.4 is 19.1 Å². The van der Waals surface area contributed by atoms with Crippen LogP contribution in [0.4, 0.5) is 15.8 Å². The maximum atomic E-state index is 13.3. The number of anilines is 2. The van der Waals surface area contributed by atoms with Crippen molar-refractivity contribution in [2.45, 2.75) is 13.5 Å². The molecule has 0 aliphatic carbocycles. The van der Waals surface area contributed by atoms with E-state index in [2.05, 4.69) is 5.32 Å². The van der Waals surface area contributed by atoms with Gasteiger partial charge in [0.2, 0.25) is 10.0 Å². The zero-order valence-corrected chi connectivity index (χ0v) is 19.4. The van der Waals surface area contributed by atoms with Gasteiger partial charge in [0.1, 0.15) is 17.3 Å². The van der Waals surface area contributed by atoms with Gasteiger partial charge < -0.3 is 14.8 Å². The molecule has 0 heterocycles. The second kappa shape index (κ2) is 10.4. The lowest BCUT2D eigenvalue weighted by Gasteiger charge is -2.24. The second-order valence-electron chi connectivity index (χ2n) is 7.16. The van der Waals surface area contributed by atoms with Crippen molar-refractivity contribution in [3.05, 3.63) is 83.7 Å². The summed E-state index contributed by atoms with van der Waals surface area (Å²) < 4.78 is 50.4. The van der Waals surface area contributed by atoms with Crippen molar-refractivity contribution in [3.63, 3.8) is 0 Å². The van der Waals surface area contributed by atoms with Crippen LogP contribution in [0.25, 0.3) is 0 Å². The summed E-state index contributed by atoms with van der Waals surface area (Å²) in [6.45, 7) is 2.19. The van der Waals surface area contributed by atoms with E-state index in [4.69, 9.17) is 9.47 Å². The average Bonchev–Trinajstić information content (AvgIpc) is 2.78. The molecule has 0 saturated heterocycles. The van der Waals surface area contributed by atoms with Crippen LogP contribution in [-0.4, -0.2) is 34.3 Å². The number of ether oxygens (including phenoxy) is 2. The van der Waals surface area contributed by atoms with Crippen molar-refractivity contribution in [1.82, 2.24) is 0 Å². The largest absolute Gasteiger partial charge is 0.496 e. The summed E-state index contributed by atoms with van der Waals surface area (Å²) >= 11 is 0. The molecular weight excluding hydrogens is 447 g/mol. The number of methoxy groups -OCH3 is 1. The summed E-state index contributed by atoms with van der Waals surface area (Å²) in [7, 11) is -2.25. The van der Waals surface area contributed by atoms with Crippen molar-refractivity contribution in [2.24, 2.45) is 0 Å². The smallest absolute Gasteiger partial charge is 0.255 e. The van der Waals surface area contributed by atoms with Gasteiger partial charge in [0.25, 0.3) is 5.91 Å². The molecular formula is C24H25FN2O5S. The van der Waals surface area contributed by atoms with Crippen LogP contribution in [0.2, 0.25) is 0 Å². The maximum absolute atomic E-state index is 13.3. The second-order valence-corrected chi connectivity index (χ2v) is 9.06. The molecule has 174 valence electrons. The van der Waals surface area contributed by atoms with Crippen LogP contribution in [0.5, 0.6) is 11.5 Å². The SMILES string of the molecule is CCOc1ccccc1NC(=O)c1ccc(OC)c(CN(c2ccc(F)cc2)S(C)(=O)=O)c1. The van der Waals surface area contributed by atoms with Crippen LogP contribution in [0.15, 0.2) is 66.7 Å². The molecule has 33 heavy (non-hydrogen) atoms. The third-order valence-electron chi connectivity index (χ3n) is 4.81. The molecule has 0 aromatic heterocycles. The minimum Gasteiger partial charge on any atom is -0.496 e. The summed E-state index contributed by atoms with van der Waals surface area (Å²) in [6, 6.07) is 17.0. The van der Waals surface area contributed by atoms with Gasteiger partial charge in [-0.3, -0.25) is 9.10 Å². The van der Waals surface area contributed by atoms with E-state index in [1.54, 1.807) is 42.5 Å². The Hall–Kier alpha value is -3.59. The molecule has 0 spiro atoms. The topological polar surface area (TPSA) is 84.9 Å². The standard InChI is InChI=1S/C24H25FN2O5S/c1-4-32-23-8-6-5-7-21(23)26-24(28)17-9-14-22(31-2)18(15-17)16-27(33(3,29)30)20-12-10-19(25)11-13-20/h5-15H,4,16H2,1-3H3,(H,26,28). The molecule has 3 rings (SSSR count).